The molecule has 0 aliphatic carbocycles. The summed E-state index contributed by atoms with van der Waals surface area (Å²) in [6, 6.07) is 7.50. The quantitative estimate of drug-likeness (QED) is 0.546. The second-order valence-corrected chi connectivity index (χ2v) is 4.86. The molecule has 0 aliphatic heterocycles. The molecule has 0 aromatic heterocycles. The van der Waals surface area contributed by atoms with Crippen LogP contribution in [0.3, 0.4) is 0 Å². The molecular formula is C15H24N2O2. The van der Waals surface area contributed by atoms with Gasteiger partial charge < -0.3 is 5.32 Å². The molecule has 106 valence electrons. The van der Waals surface area contributed by atoms with Crippen LogP contribution in [0.1, 0.15) is 45.1 Å². The van der Waals surface area contributed by atoms with Gasteiger partial charge in [0.2, 0.25) is 0 Å². The minimum atomic E-state index is -0.355. The highest BCUT2D eigenvalue weighted by atomic mass is 16.6. The van der Waals surface area contributed by atoms with Crippen molar-refractivity contribution >= 4 is 5.69 Å². The van der Waals surface area contributed by atoms with Gasteiger partial charge in [0.15, 0.2) is 0 Å². The third-order valence-electron chi connectivity index (χ3n) is 3.30. The summed E-state index contributed by atoms with van der Waals surface area (Å²) in [7, 11) is 0. The molecule has 19 heavy (non-hydrogen) atoms. The lowest BCUT2D eigenvalue weighted by Crippen LogP contribution is -2.28. The largest absolute Gasteiger partial charge is 0.314 e. The zero-order valence-corrected chi connectivity index (χ0v) is 11.9. The third-order valence-corrected chi connectivity index (χ3v) is 3.30. The van der Waals surface area contributed by atoms with E-state index in [0.29, 0.717) is 6.04 Å². The van der Waals surface area contributed by atoms with E-state index in [0.717, 1.165) is 19.4 Å². The van der Waals surface area contributed by atoms with Gasteiger partial charge in [-0.2, -0.15) is 0 Å². The average Bonchev–Trinajstić information content (AvgIpc) is 2.40. The normalized spacial score (nSPS) is 12.3. The van der Waals surface area contributed by atoms with E-state index < -0.39 is 0 Å². The Labute approximate surface area is 115 Å². The Bertz CT molecular complexity index is 370. The summed E-state index contributed by atoms with van der Waals surface area (Å²) in [6.45, 7) is 5.36. The number of rotatable bonds is 9. The third kappa shape index (κ3) is 5.83. The first kappa shape index (κ1) is 15.6. The van der Waals surface area contributed by atoms with Crippen molar-refractivity contribution in [2.24, 2.45) is 0 Å². The Morgan fingerprint density at radius 3 is 2.42 bits per heavy atom. The van der Waals surface area contributed by atoms with Gasteiger partial charge in [0.05, 0.1) is 4.92 Å². The standard InChI is InChI=1S/C15H24N2O2/c1-3-6-14(16-4-2)8-5-7-13-9-11-15(12-10-13)17(18)19/h9-12,14,16H,3-8H2,1-2H3. The maximum absolute atomic E-state index is 10.6. The molecular weight excluding hydrogens is 240 g/mol. The van der Waals surface area contributed by atoms with Crippen LogP contribution in [0.25, 0.3) is 0 Å². The molecule has 1 atom stereocenters. The number of nitrogens with one attached hydrogen (secondary N) is 1. The van der Waals surface area contributed by atoms with Gasteiger partial charge >= 0.3 is 0 Å². The van der Waals surface area contributed by atoms with Gasteiger partial charge in [-0.3, -0.25) is 10.1 Å². The molecule has 0 saturated heterocycles. The number of nitro benzene ring substituents is 1. The highest BCUT2D eigenvalue weighted by Crippen LogP contribution is 2.14. The van der Waals surface area contributed by atoms with Crippen LogP contribution in [0.2, 0.25) is 0 Å². The predicted molar refractivity (Wildman–Crippen MR) is 78.4 cm³/mol. The van der Waals surface area contributed by atoms with E-state index in [4.69, 9.17) is 0 Å². The molecule has 1 aromatic carbocycles. The van der Waals surface area contributed by atoms with E-state index in [2.05, 4.69) is 19.2 Å². The second kappa shape index (κ2) is 8.64. The number of benzene rings is 1. The van der Waals surface area contributed by atoms with E-state index in [1.54, 1.807) is 12.1 Å². The predicted octanol–water partition coefficient (Wildman–Crippen LogP) is 3.70. The van der Waals surface area contributed by atoms with Crippen LogP contribution in [0.15, 0.2) is 24.3 Å². The number of nitrogens with zero attached hydrogens (tertiary/aromatic N) is 1. The van der Waals surface area contributed by atoms with Crippen molar-refractivity contribution in [3.05, 3.63) is 39.9 Å². The lowest BCUT2D eigenvalue weighted by molar-refractivity contribution is -0.384. The summed E-state index contributed by atoms with van der Waals surface area (Å²) >= 11 is 0. The molecule has 1 aromatic rings. The van der Waals surface area contributed by atoms with Crippen molar-refractivity contribution < 1.29 is 4.92 Å². The Balaban J connectivity index is 2.37. The van der Waals surface area contributed by atoms with Crippen LogP contribution in [0, 0.1) is 10.1 Å². The van der Waals surface area contributed by atoms with Gasteiger partial charge in [-0.05, 0) is 37.8 Å². The van der Waals surface area contributed by atoms with E-state index in [1.165, 1.54) is 24.8 Å². The molecule has 1 rings (SSSR count). The highest BCUT2D eigenvalue weighted by molar-refractivity contribution is 5.32. The minimum absolute atomic E-state index is 0.167. The van der Waals surface area contributed by atoms with Gasteiger partial charge in [0, 0.05) is 18.2 Å². The van der Waals surface area contributed by atoms with Crippen LogP contribution in [-0.4, -0.2) is 17.5 Å². The maximum atomic E-state index is 10.6. The Hall–Kier alpha value is -1.42. The Kier molecular flexibility index (Phi) is 7.11. The topological polar surface area (TPSA) is 55.2 Å². The SMILES string of the molecule is CCCC(CCCc1ccc([N+](=O)[O-])cc1)NCC. The molecule has 4 nitrogen and oxygen atoms in total. The van der Waals surface area contributed by atoms with Crippen molar-refractivity contribution in [1.82, 2.24) is 5.32 Å². The molecule has 0 radical (unpaired) electrons. The number of hydrogen-bond donors (Lipinski definition) is 1. The van der Waals surface area contributed by atoms with Crippen LogP contribution >= 0.6 is 0 Å². The summed E-state index contributed by atoms with van der Waals surface area (Å²) in [4.78, 5) is 10.2. The van der Waals surface area contributed by atoms with Crippen molar-refractivity contribution in [2.75, 3.05) is 6.54 Å². The average molecular weight is 264 g/mol. The summed E-state index contributed by atoms with van der Waals surface area (Å²) in [6.07, 6.45) is 5.70. The van der Waals surface area contributed by atoms with Gasteiger partial charge in [0.1, 0.15) is 0 Å². The number of nitro groups is 1. The first-order chi connectivity index (χ1) is 9.17. The summed E-state index contributed by atoms with van der Waals surface area (Å²) in [5.41, 5.74) is 1.35. The molecule has 0 heterocycles. The number of aryl methyl sites for hydroxylation is 1. The van der Waals surface area contributed by atoms with Crippen molar-refractivity contribution in [2.45, 2.75) is 52.0 Å². The van der Waals surface area contributed by atoms with Crippen molar-refractivity contribution in [3.8, 4) is 0 Å². The Morgan fingerprint density at radius 1 is 1.21 bits per heavy atom. The van der Waals surface area contributed by atoms with E-state index in [-0.39, 0.29) is 10.6 Å². The molecule has 1 N–H and O–H groups in total. The smallest absolute Gasteiger partial charge is 0.269 e. The molecule has 0 amide bonds. The summed E-state index contributed by atoms with van der Waals surface area (Å²) in [5, 5.41) is 14.1. The molecule has 1 unspecified atom stereocenters. The van der Waals surface area contributed by atoms with Crippen molar-refractivity contribution in [1.29, 1.82) is 0 Å². The van der Waals surface area contributed by atoms with Gasteiger partial charge in [-0.1, -0.05) is 32.4 Å². The number of non-ortho nitro benzene ring substituents is 1. The van der Waals surface area contributed by atoms with Gasteiger partial charge in [0.25, 0.3) is 5.69 Å². The minimum Gasteiger partial charge on any atom is -0.314 e. The van der Waals surface area contributed by atoms with E-state index in [9.17, 15) is 10.1 Å². The molecule has 4 heteroatoms. The molecule has 0 saturated carbocycles. The summed E-state index contributed by atoms with van der Waals surface area (Å²) < 4.78 is 0. The fourth-order valence-corrected chi connectivity index (χ4v) is 2.32. The van der Waals surface area contributed by atoms with E-state index in [1.807, 2.05) is 12.1 Å². The molecule has 0 spiro atoms. The van der Waals surface area contributed by atoms with Gasteiger partial charge in [-0.15, -0.1) is 0 Å². The fourth-order valence-electron chi connectivity index (χ4n) is 2.32. The zero-order chi connectivity index (χ0) is 14.1. The van der Waals surface area contributed by atoms with Crippen molar-refractivity contribution in [3.63, 3.8) is 0 Å². The fraction of sp³-hybridized carbons (Fsp3) is 0.600. The van der Waals surface area contributed by atoms with Crippen LogP contribution in [0.5, 0.6) is 0 Å². The van der Waals surface area contributed by atoms with E-state index >= 15 is 0 Å². The molecule has 0 fully saturated rings. The van der Waals surface area contributed by atoms with Crippen LogP contribution < -0.4 is 5.32 Å². The monoisotopic (exact) mass is 264 g/mol. The second-order valence-electron chi connectivity index (χ2n) is 4.86. The first-order valence-corrected chi connectivity index (χ1v) is 7.14. The van der Waals surface area contributed by atoms with Crippen LogP contribution in [0.4, 0.5) is 5.69 Å². The number of hydrogen-bond acceptors (Lipinski definition) is 3. The van der Waals surface area contributed by atoms with Gasteiger partial charge in [-0.25, -0.2) is 0 Å². The highest BCUT2D eigenvalue weighted by Gasteiger charge is 2.07. The maximum Gasteiger partial charge on any atom is 0.269 e. The lowest BCUT2D eigenvalue weighted by Gasteiger charge is -2.16. The Morgan fingerprint density at radius 2 is 1.89 bits per heavy atom. The molecule has 0 aliphatic rings. The molecule has 0 bridgehead atoms. The lowest BCUT2D eigenvalue weighted by atomic mass is 10.0. The summed E-state index contributed by atoms with van der Waals surface area (Å²) in [5.74, 6) is 0. The first-order valence-electron chi connectivity index (χ1n) is 7.14. The zero-order valence-electron chi connectivity index (χ0n) is 11.9. The van der Waals surface area contributed by atoms with Crippen LogP contribution in [-0.2, 0) is 6.42 Å².